The Kier molecular flexibility index (Phi) is 4.90. The average Bonchev–Trinajstić information content (AvgIpc) is 3.38. The van der Waals surface area contributed by atoms with Crippen LogP contribution in [0.3, 0.4) is 0 Å². The molecule has 0 unspecified atom stereocenters. The van der Waals surface area contributed by atoms with Gasteiger partial charge in [-0.15, -0.1) is 27.8 Å². The smallest absolute Gasteiger partial charge is 0.352 e. The Morgan fingerprint density at radius 3 is 2.79 bits per heavy atom. The molecule has 0 radical (unpaired) electrons. The first-order valence-electron chi connectivity index (χ1n) is 8.24. The molecule has 0 saturated carbocycles. The van der Waals surface area contributed by atoms with Crippen molar-refractivity contribution in [3.63, 3.8) is 0 Å². The summed E-state index contributed by atoms with van der Waals surface area (Å²) in [5.41, 5.74) is 0.00842. The molecular weight excluding hydrogens is 409 g/mol. The zero-order valence-electron chi connectivity index (χ0n) is 14.2. The number of amides is 1. The van der Waals surface area contributed by atoms with Crippen molar-refractivity contribution in [1.29, 1.82) is 0 Å². The Balaban J connectivity index is 1.42. The quantitative estimate of drug-likeness (QED) is 0.515. The lowest BCUT2D eigenvalue weighted by Gasteiger charge is -2.09. The predicted molar refractivity (Wildman–Crippen MR) is 102 cm³/mol. The van der Waals surface area contributed by atoms with Crippen molar-refractivity contribution < 1.29 is 18.0 Å². The van der Waals surface area contributed by atoms with Crippen molar-refractivity contribution >= 4 is 33.5 Å². The molecule has 144 valence electrons. The lowest BCUT2D eigenvalue weighted by atomic mass is 10.1. The zero-order valence-corrected chi connectivity index (χ0v) is 15.9. The van der Waals surface area contributed by atoms with E-state index < -0.39 is 17.6 Å². The summed E-state index contributed by atoms with van der Waals surface area (Å²) < 4.78 is 40.1. The molecule has 0 saturated heterocycles. The van der Waals surface area contributed by atoms with Gasteiger partial charge in [-0.25, -0.2) is 4.52 Å². The second-order valence-electron chi connectivity index (χ2n) is 5.92. The van der Waals surface area contributed by atoms with E-state index in [1.165, 1.54) is 23.5 Å². The van der Waals surface area contributed by atoms with E-state index in [1.807, 2.05) is 22.9 Å². The van der Waals surface area contributed by atoms with E-state index in [1.54, 1.807) is 15.9 Å². The van der Waals surface area contributed by atoms with Gasteiger partial charge in [0, 0.05) is 23.9 Å². The van der Waals surface area contributed by atoms with E-state index in [2.05, 4.69) is 15.4 Å². The van der Waals surface area contributed by atoms with Gasteiger partial charge >= 0.3 is 6.18 Å². The zero-order chi connectivity index (χ0) is 19.7. The molecule has 3 heterocycles. The van der Waals surface area contributed by atoms with Crippen molar-refractivity contribution in [2.24, 2.45) is 0 Å². The molecule has 0 aliphatic rings. The van der Waals surface area contributed by atoms with Crippen LogP contribution in [0.4, 0.5) is 13.2 Å². The number of thiophene rings is 1. The van der Waals surface area contributed by atoms with Gasteiger partial charge in [0.25, 0.3) is 5.91 Å². The molecular formula is C18H13F3N4OS2. The van der Waals surface area contributed by atoms with Crippen LogP contribution in [0.25, 0.3) is 15.7 Å². The minimum Gasteiger partial charge on any atom is -0.352 e. The maximum atomic E-state index is 12.8. The Hall–Kier alpha value is -2.72. The molecule has 0 bridgehead atoms. The molecule has 3 aromatic heterocycles. The highest BCUT2D eigenvalue weighted by Gasteiger charge is 2.30. The number of fused-ring (bicyclic) bond motifs is 1. The van der Waals surface area contributed by atoms with Crippen LogP contribution in [-0.2, 0) is 12.6 Å². The number of hydrogen-bond donors (Lipinski definition) is 1. The second-order valence-corrected chi connectivity index (χ2v) is 7.70. The van der Waals surface area contributed by atoms with Crippen molar-refractivity contribution in [2.45, 2.75) is 12.6 Å². The standard InChI is InChI=1S/C18H13F3N4OS2/c19-18(20,21)12-4-1-3-11(9-12)16(26)22-7-6-13-10-28-17-23-15(24-25(13)17)14-5-2-8-27-14/h1-5,8-10H,6-7H2,(H,22,26). The molecule has 5 nitrogen and oxygen atoms in total. The van der Waals surface area contributed by atoms with Gasteiger partial charge in [0.05, 0.1) is 16.1 Å². The van der Waals surface area contributed by atoms with E-state index in [0.717, 1.165) is 27.7 Å². The fraction of sp³-hybridized carbons (Fsp3) is 0.167. The van der Waals surface area contributed by atoms with Crippen LogP contribution in [-0.4, -0.2) is 27.0 Å². The highest BCUT2D eigenvalue weighted by atomic mass is 32.1. The van der Waals surface area contributed by atoms with Gasteiger partial charge in [-0.05, 0) is 29.6 Å². The summed E-state index contributed by atoms with van der Waals surface area (Å²) >= 11 is 3.00. The van der Waals surface area contributed by atoms with Crippen molar-refractivity contribution in [2.75, 3.05) is 6.54 Å². The minimum atomic E-state index is -4.48. The normalized spacial score (nSPS) is 11.8. The number of rotatable bonds is 5. The molecule has 0 atom stereocenters. The average molecular weight is 422 g/mol. The van der Waals surface area contributed by atoms with Gasteiger partial charge in [-0.2, -0.15) is 18.2 Å². The molecule has 0 fully saturated rings. The van der Waals surface area contributed by atoms with Crippen LogP contribution in [0, 0.1) is 0 Å². The summed E-state index contributed by atoms with van der Waals surface area (Å²) in [7, 11) is 0. The van der Waals surface area contributed by atoms with E-state index in [9.17, 15) is 18.0 Å². The largest absolute Gasteiger partial charge is 0.416 e. The first kappa shape index (κ1) is 18.6. The number of aromatic nitrogens is 3. The summed E-state index contributed by atoms with van der Waals surface area (Å²) in [6, 6.07) is 8.25. The molecule has 28 heavy (non-hydrogen) atoms. The highest BCUT2D eigenvalue weighted by Crippen LogP contribution is 2.29. The first-order chi connectivity index (χ1) is 13.4. The number of nitrogens with zero attached hydrogens (tertiary/aromatic N) is 3. The van der Waals surface area contributed by atoms with Crippen molar-refractivity contribution in [1.82, 2.24) is 19.9 Å². The molecule has 1 amide bonds. The van der Waals surface area contributed by atoms with Crippen molar-refractivity contribution in [3.8, 4) is 10.7 Å². The Morgan fingerprint density at radius 2 is 2.04 bits per heavy atom. The fourth-order valence-electron chi connectivity index (χ4n) is 2.65. The number of thiazole rings is 1. The summed E-state index contributed by atoms with van der Waals surface area (Å²) in [5, 5.41) is 11.0. The number of halogens is 3. The van der Waals surface area contributed by atoms with Gasteiger partial charge in [0.1, 0.15) is 0 Å². The Morgan fingerprint density at radius 1 is 1.18 bits per heavy atom. The molecule has 4 aromatic rings. The summed E-state index contributed by atoms with van der Waals surface area (Å²) in [6.45, 7) is 0.273. The molecule has 1 aromatic carbocycles. The van der Waals surface area contributed by atoms with Crippen molar-refractivity contribution in [3.05, 3.63) is 64.0 Å². The van der Waals surface area contributed by atoms with E-state index in [0.29, 0.717) is 12.2 Å². The topological polar surface area (TPSA) is 59.3 Å². The molecule has 0 aliphatic carbocycles. The number of nitrogens with one attached hydrogen (secondary N) is 1. The molecule has 1 N–H and O–H groups in total. The number of carbonyl (C=O) groups is 1. The van der Waals surface area contributed by atoms with E-state index in [-0.39, 0.29) is 12.1 Å². The third kappa shape index (κ3) is 3.78. The SMILES string of the molecule is O=C(NCCc1csc2nc(-c3cccs3)nn12)c1cccc(C(F)(F)F)c1. The van der Waals surface area contributed by atoms with Crippen LogP contribution in [0.5, 0.6) is 0 Å². The van der Waals surface area contributed by atoms with Crippen LogP contribution in [0.2, 0.25) is 0 Å². The fourth-order valence-corrected chi connectivity index (χ4v) is 4.16. The van der Waals surface area contributed by atoms with Crippen LogP contribution < -0.4 is 5.32 Å². The van der Waals surface area contributed by atoms with Gasteiger partial charge in [-0.3, -0.25) is 4.79 Å². The molecule has 4 rings (SSSR count). The molecule has 0 spiro atoms. The minimum absolute atomic E-state index is 0.0222. The third-order valence-corrected chi connectivity index (χ3v) is 5.74. The van der Waals surface area contributed by atoms with Gasteiger partial charge in [0.2, 0.25) is 4.96 Å². The van der Waals surface area contributed by atoms with Crippen LogP contribution in [0.15, 0.2) is 47.2 Å². The van der Waals surface area contributed by atoms with Gasteiger partial charge in [-0.1, -0.05) is 12.1 Å². The maximum absolute atomic E-state index is 12.8. The summed E-state index contributed by atoms with van der Waals surface area (Å²) in [5.74, 6) is 0.103. The van der Waals surface area contributed by atoms with Gasteiger partial charge in [0.15, 0.2) is 5.82 Å². The lowest BCUT2D eigenvalue weighted by Crippen LogP contribution is -2.26. The van der Waals surface area contributed by atoms with E-state index >= 15 is 0 Å². The number of alkyl halides is 3. The summed E-state index contributed by atoms with van der Waals surface area (Å²) in [6.07, 6.45) is -4.00. The lowest BCUT2D eigenvalue weighted by molar-refractivity contribution is -0.137. The van der Waals surface area contributed by atoms with E-state index in [4.69, 9.17) is 0 Å². The van der Waals surface area contributed by atoms with Crippen LogP contribution in [0.1, 0.15) is 21.6 Å². The Bertz CT molecular complexity index is 1120. The van der Waals surface area contributed by atoms with Gasteiger partial charge < -0.3 is 5.32 Å². The number of hydrogen-bond acceptors (Lipinski definition) is 5. The van der Waals surface area contributed by atoms with Crippen LogP contribution >= 0.6 is 22.7 Å². The molecule has 0 aliphatic heterocycles. The summed E-state index contributed by atoms with van der Waals surface area (Å²) in [4.78, 5) is 18.4. The monoisotopic (exact) mass is 422 g/mol. The number of carbonyl (C=O) groups excluding carboxylic acids is 1. The highest BCUT2D eigenvalue weighted by molar-refractivity contribution is 7.15. The Labute approximate surface area is 165 Å². The first-order valence-corrected chi connectivity index (χ1v) is 10.0. The second kappa shape index (κ2) is 7.36. The third-order valence-electron chi connectivity index (χ3n) is 4.01. The predicted octanol–water partition coefficient (Wildman–Crippen LogP) is 4.51. The number of benzene rings is 1. The maximum Gasteiger partial charge on any atom is 0.416 e. The molecule has 10 heteroatoms.